The highest BCUT2D eigenvalue weighted by molar-refractivity contribution is 6.32. The Bertz CT molecular complexity index is 429. The molecule has 0 fully saturated rings. The van der Waals surface area contributed by atoms with E-state index in [0.29, 0.717) is 22.0 Å². The van der Waals surface area contributed by atoms with Crippen LogP contribution in [0.2, 0.25) is 5.02 Å². The number of nitrogens with two attached hydrogens (primary N) is 1. The van der Waals surface area contributed by atoms with Gasteiger partial charge in [-0.3, -0.25) is 0 Å². The Kier molecular flexibility index (Phi) is 4.19. The second-order valence-corrected chi connectivity index (χ2v) is 3.38. The Hall–Kier alpha value is -1.68. The van der Waals surface area contributed by atoms with Crippen LogP contribution < -0.4 is 10.5 Å². The number of anilines is 1. The van der Waals surface area contributed by atoms with E-state index in [4.69, 9.17) is 22.1 Å². The molecule has 1 aromatic carbocycles. The van der Waals surface area contributed by atoms with Crippen LogP contribution in [0.4, 0.5) is 5.69 Å². The normalized spacial score (nSPS) is 10.4. The number of hydrogen-bond donors (Lipinski definition) is 1. The smallest absolute Gasteiger partial charge is 0.330 e. The molecule has 0 amide bonds. The highest BCUT2D eigenvalue weighted by atomic mass is 35.5. The van der Waals surface area contributed by atoms with Crippen molar-refractivity contribution in [2.45, 2.75) is 0 Å². The molecule has 86 valence electrons. The van der Waals surface area contributed by atoms with Crippen LogP contribution >= 0.6 is 11.6 Å². The number of benzene rings is 1. The summed E-state index contributed by atoms with van der Waals surface area (Å²) in [7, 11) is 2.81. The monoisotopic (exact) mass is 241 g/mol. The summed E-state index contributed by atoms with van der Waals surface area (Å²) in [5.74, 6) is 0.0563. The first-order chi connectivity index (χ1) is 7.58. The average molecular weight is 242 g/mol. The summed E-state index contributed by atoms with van der Waals surface area (Å²) in [6, 6.07) is 3.22. The first-order valence-electron chi connectivity index (χ1n) is 4.47. The van der Waals surface area contributed by atoms with Gasteiger partial charge in [0.15, 0.2) is 0 Å². The minimum absolute atomic E-state index is 0.443. The molecule has 5 heteroatoms. The van der Waals surface area contributed by atoms with Crippen molar-refractivity contribution in [3.63, 3.8) is 0 Å². The molecule has 0 unspecified atom stereocenters. The number of esters is 1. The van der Waals surface area contributed by atoms with Crippen LogP contribution in [0.25, 0.3) is 6.08 Å². The summed E-state index contributed by atoms with van der Waals surface area (Å²) in [6.45, 7) is 0. The van der Waals surface area contributed by atoms with Crippen molar-refractivity contribution in [1.29, 1.82) is 0 Å². The number of nitrogen functional groups attached to an aromatic ring is 1. The molecule has 2 N–H and O–H groups in total. The van der Waals surface area contributed by atoms with E-state index < -0.39 is 5.97 Å². The average Bonchev–Trinajstić information content (AvgIpc) is 2.27. The van der Waals surface area contributed by atoms with Crippen LogP contribution in [0.3, 0.4) is 0 Å². The standard InChI is InChI=1S/C11H12ClNO3/c1-15-10-5-7(3-4-11(14)16-2)8(12)6-9(10)13/h3-6H,13H2,1-2H3. The molecule has 0 radical (unpaired) electrons. The van der Waals surface area contributed by atoms with Crippen LogP contribution in [-0.4, -0.2) is 20.2 Å². The molecule has 0 spiro atoms. The highest BCUT2D eigenvalue weighted by Crippen LogP contribution is 2.29. The summed E-state index contributed by atoms with van der Waals surface area (Å²) in [6.07, 6.45) is 2.81. The number of carbonyl (C=O) groups is 1. The number of rotatable bonds is 3. The molecular weight excluding hydrogens is 230 g/mol. The molecule has 0 aromatic heterocycles. The number of methoxy groups -OCH3 is 2. The van der Waals surface area contributed by atoms with Gasteiger partial charge in [0.1, 0.15) is 5.75 Å². The maximum atomic E-state index is 10.9. The van der Waals surface area contributed by atoms with E-state index in [-0.39, 0.29) is 0 Å². The summed E-state index contributed by atoms with van der Waals surface area (Å²) in [5.41, 5.74) is 6.74. The molecule has 0 atom stereocenters. The molecular formula is C11H12ClNO3. The number of hydrogen-bond acceptors (Lipinski definition) is 4. The maximum Gasteiger partial charge on any atom is 0.330 e. The van der Waals surface area contributed by atoms with E-state index in [9.17, 15) is 4.79 Å². The lowest BCUT2D eigenvalue weighted by Crippen LogP contribution is -1.95. The third kappa shape index (κ3) is 2.90. The van der Waals surface area contributed by atoms with Crippen molar-refractivity contribution in [2.75, 3.05) is 20.0 Å². The van der Waals surface area contributed by atoms with Gasteiger partial charge in [-0.25, -0.2) is 4.79 Å². The predicted molar refractivity (Wildman–Crippen MR) is 63.5 cm³/mol. The predicted octanol–water partition coefficient (Wildman–Crippen LogP) is 2.12. The van der Waals surface area contributed by atoms with Gasteiger partial charge in [0.25, 0.3) is 0 Å². The zero-order valence-electron chi connectivity index (χ0n) is 8.99. The van der Waals surface area contributed by atoms with Gasteiger partial charge in [-0.15, -0.1) is 0 Å². The Morgan fingerprint density at radius 1 is 1.44 bits per heavy atom. The second kappa shape index (κ2) is 5.42. The fourth-order valence-electron chi connectivity index (χ4n) is 1.11. The van der Waals surface area contributed by atoms with Crippen molar-refractivity contribution in [1.82, 2.24) is 0 Å². The van der Waals surface area contributed by atoms with Crippen molar-refractivity contribution < 1.29 is 14.3 Å². The van der Waals surface area contributed by atoms with Gasteiger partial charge >= 0.3 is 5.97 Å². The Labute approximate surface area is 98.6 Å². The zero-order valence-corrected chi connectivity index (χ0v) is 9.75. The first kappa shape index (κ1) is 12.4. The van der Waals surface area contributed by atoms with Crippen LogP contribution in [0.1, 0.15) is 5.56 Å². The van der Waals surface area contributed by atoms with E-state index in [0.717, 1.165) is 0 Å². The Balaban J connectivity index is 3.05. The van der Waals surface area contributed by atoms with Gasteiger partial charge < -0.3 is 15.2 Å². The van der Waals surface area contributed by atoms with Gasteiger partial charge in [0.2, 0.25) is 0 Å². The number of halogens is 1. The molecule has 1 rings (SSSR count). The Morgan fingerprint density at radius 3 is 2.69 bits per heavy atom. The fourth-order valence-corrected chi connectivity index (χ4v) is 1.35. The topological polar surface area (TPSA) is 61.5 Å². The van der Waals surface area contributed by atoms with Gasteiger partial charge in [0.05, 0.1) is 24.9 Å². The molecule has 0 aliphatic rings. The lowest BCUT2D eigenvalue weighted by Gasteiger charge is -2.06. The number of ether oxygens (including phenoxy) is 2. The zero-order chi connectivity index (χ0) is 12.1. The molecule has 1 aromatic rings. The summed E-state index contributed by atoms with van der Waals surface area (Å²) >= 11 is 5.95. The fraction of sp³-hybridized carbons (Fsp3) is 0.182. The molecule has 4 nitrogen and oxygen atoms in total. The van der Waals surface area contributed by atoms with Crippen LogP contribution in [0.15, 0.2) is 18.2 Å². The van der Waals surface area contributed by atoms with Crippen molar-refractivity contribution in [3.8, 4) is 5.75 Å². The third-order valence-corrected chi connectivity index (χ3v) is 2.28. The van der Waals surface area contributed by atoms with E-state index in [1.54, 1.807) is 12.1 Å². The van der Waals surface area contributed by atoms with E-state index in [2.05, 4.69) is 4.74 Å². The lowest BCUT2D eigenvalue weighted by molar-refractivity contribution is -0.134. The molecule has 0 heterocycles. The second-order valence-electron chi connectivity index (χ2n) is 2.97. The van der Waals surface area contributed by atoms with Gasteiger partial charge in [-0.05, 0) is 23.8 Å². The molecule has 0 aliphatic heterocycles. The minimum Gasteiger partial charge on any atom is -0.495 e. The molecule has 0 saturated heterocycles. The first-order valence-corrected chi connectivity index (χ1v) is 4.85. The quantitative estimate of drug-likeness (QED) is 0.500. The van der Waals surface area contributed by atoms with Gasteiger partial charge in [0, 0.05) is 6.08 Å². The third-order valence-electron chi connectivity index (χ3n) is 1.95. The maximum absolute atomic E-state index is 10.9. The largest absolute Gasteiger partial charge is 0.495 e. The Morgan fingerprint density at radius 2 is 2.12 bits per heavy atom. The molecule has 0 aliphatic carbocycles. The van der Waals surface area contributed by atoms with Crippen molar-refractivity contribution in [2.24, 2.45) is 0 Å². The molecule has 16 heavy (non-hydrogen) atoms. The van der Waals surface area contributed by atoms with Gasteiger partial charge in [-0.1, -0.05) is 11.6 Å². The van der Waals surface area contributed by atoms with E-state index >= 15 is 0 Å². The van der Waals surface area contributed by atoms with Crippen LogP contribution in [-0.2, 0) is 9.53 Å². The van der Waals surface area contributed by atoms with E-state index in [1.165, 1.54) is 26.4 Å². The van der Waals surface area contributed by atoms with Gasteiger partial charge in [-0.2, -0.15) is 0 Å². The lowest BCUT2D eigenvalue weighted by atomic mass is 10.1. The summed E-state index contributed by atoms with van der Waals surface area (Å²) in [5, 5.41) is 0.443. The van der Waals surface area contributed by atoms with Crippen molar-refractivity contribution >= 4 is 29.3 Å². The highest BCUT2D eigenvalue weighted by Gasteiger charge is 2.05. The number of carbonyl (C=O) groups excluding carboxylic acids is 1. The molecule has 0 bridgehead atoms. The van der Waals surface area contributed by atoms with E-state index in [1.807, 2.05) is 0 Å². The molecule has 0 saturated carbocycles. The van der Waals surface area contributed by atoms with Crippen molar-refractivity contribution in [3.05, 3.63) is 28.8 Å². The summed E-state index contributed by atoms with van der Waals surface area (Å²) in [4.78, 5) is 10.9. The van der Waals surface area contributed by atoms with Crippen LogP contribution in [0, 0.1) is 0 Å². The van der Waals surface area contributed by atoms with Crippen LogP contribution in [0.5, 0.6) is 5.75 Å². The summed E-state index contributed by atoms with van der Waals surface area (Å²) < 4.78 is 9.51. The SMILES string of the molecule is COC(=O)C=Cc1cc(OC)c(N)cc1Cl. The minimum atomic E-state index is -0.452.